The van der Waals surface area contributed by atoms with E-state index >= 15 is 0 Å². The first-order valence-electron chi connectivity index (χ1n) is 22.6. The summed E-state index contributed by atoms with van der Waals surface area (Å²) in [6.45, 7) is 21.2. The number of aromatic nitrogens is 2. The van der Waals surface area contributed by atoms with Crippen LogP contribution in [-0.4, -0.2) is 105 Å². The Morgan fingerprint density at radius 1 is 0.984 bits per heavy atom. The van der Waals surface area contributed by atoms with Crippen LogP contribution < -0.4 is 26.3 Å². The number of carbonyl (C=O) groups is 3. The molecule has 6 rings (SSSR count). The minimum Gasteiger partial charge on any atom is -0.467 e. The molecule has 13 heteroatoms. The van der Waals surface area contributed by atoms with Gasteiger partial charge in [0, 0.05) is 81.2 Å². The Hall–Kier alpha value is -4.82. The summed E-state index contributed by atoms with van der Waals surface area (Å²) in [5.74, 6) is 0.0453. The second-order valence-electron chi connectivity index (χ2n) is 18.2. The Morgan fingerprint density at radius 2 is 1.74 bits per heavy atom. The SMILES string of the molecule is CCn1c(-c2cc(N3CCNCC3)cnc2C(C)OC)c(CC(C)(C)COC=O)c2cc(-c3cccc(CC(NC(=O)C(NC)C(C)C(C)C)C(=O)N4CCCCN4)c3)ccc21. The number of amides is 2. The molecule has 0 radical (unpaired) electrons. The Morgan fingerprint density at radius 3 is 2.40 bits per heavy atom. The summed E-state index contributed by atoms with van der Waals surface area (Å²) in [6, 6.07) is 16.1. The summed E-state index contributed by atoms with van der Waals surface area (Å²) in [6.07, 6.45) is 4.62. The molecular formula is C49H70N8O5. The predicted octanol–water partition coefficient (Wildman–Crippen LogP) is 6.28. The van der Waals surface area contributed by atoms with Gasteiger partial charge >= 0.3 is 0 Å². The molecule has 13 nitrogen and oxygen atoms in total. The zero-order valence-electron chi connectivity index (χ0n) is 38.5. The van der Waals surface area contributed by atoms with Crippen LogP contribution in [0.15, 0.2) is 54.7 Å². The van der Waals surface area contributed by atoms with Crippen molar-refractivity contribution >= 4 is 34.9 Å². The molecule has 0 aliphatic carbocycles. The first-order valence-corrected chi connectivity index (χ1v) is 22.6. The zero-order chi connectivity index (χ0) is 44.6. The number of rotatable bonds is 19. The van der Waals surface area contributed by atoms with Crippen molar-refractivity contribution in [2.24, 2.45) is 17.3 Å². The number of nitrogens with one attached hydrogen (secondary N) is 4. The van der Waals surface area contributed by atoms with E-state index in [0.29, 0.717) is 25.9 Å². The number of fused-ring (bicyclic) bond motifs is 1. The molecule has 0 spiro atoms. The number of pyridine rings is 1. The second kappa shape index (κ2) is 21.0. The van der Waals surface area contributed by atoms with Crippen molar-refractivity contribution in [2.75, 3.05) is 64.9 Å². The van der Waals surface area contributed by atoms with E-state index in [0.717, 1.165) is 108 Å². The van der Waals surface area contributed by atoms with Gasteiger partial charge in [-0.3, -0.25) is 24.4 Å². The predicted molar refractivity (Wildman–Crippen MR) is 248 cm³/mol. The summed E-state index contributed by atoms with van der Waals surface area (Å²) in [7, 11) is 3.52. The van der Waals surface area contributed by atoms with Crippen molar-refractivity contribution in [3.8, 4) is 22.4 Å². The van der Waals surface area contributed by atoms with Gasteiger partial charge in [-0.1, -0.05) is 65.0 Å². The van der Waals surface area contributed by atoms with Gasteiger partial charge in [0.2, 0.25) is 5.91 Å². The lowest BCUT2D eigenvalue weighted by Crippen LogP contribution is -2.59. The van der Waals surface area contributed by atoms with E-state index in [4.69, 9.17) is 14.5 Å². The molecule has 2 saturated heterocycles. The van der Waals surface area contributed by atoms with E-state index in [1.165, 1.54) is 0 Å². The maximum Gasteiger partial charge on any atom is 0.293 e. The number of piperazine rings is 1. The molecule has 0 saturated carbocycles. The molecule has 4 unspecified atom stereocenters. The van der Waals surface area contributed by atoms with E-state index in [2.05, 4.69) is 109 Å². The fraction of sp³-hybridized carbons (Fsp3) is 0.551. The number of methoxy groups -OCH3 is 1. The molecule has 2 aromatic heterocycles. The largest absolute Gasteiger partial charge is 0.467 e. The van der Waals surface area contributed by atoms with E-state index in [1.807, 2.05) is 25.3 Å². The summed E-state index contributed by atoms with van der Waals surface area (Å²) in [5, 5.41) is 12.6. The number of benzene rings is 2. The molecule has 4 atom stereocenters. The van der Waals surface area contributed by atoms with Crippen LogP contribution in [0.2, 0.25) is 0 Å². The van der Waals surface area contributed by atoms with Crippen molar-refractivity contribution in [3.05, 3.63) is 71.5 Å². The molecule has 0 bridgehead atoms. The van der Waals surface area contributed by atoms with Crippen LogP contribution in [-0.2, 0) is 43.2 Å². The Kier molecular flexibility index (Phi) is 15.8. The minimum absolute atomic E-state index is 0.0700. The smallest absolute Gasteiger partial charge is 0.293 e. The topological polar surface area (TPSA) is 142 Å². The number of nitrogens with zero attached hydrogens (tertiary/aromatic N) is 4. The Labute approximate surface area is 368 Å². The zero-order valence-corrected chi connectivity index (χ0v) is 38.5. The average Bonchev–Trinajstić information content (AvgIpc) is 3.59. The summed E-state index contributed by atoms with van der Waals surface area (Å²) >= 11 is 0. The van der Waals surface area contributed by atoms with E-state index < -0.39 is 12.1 Å². The third kappa shape index (κ3) is 10.7. The number of hydrazine groups is 1. The van der Waals surface area contributed by atoms with E-state index in [9.17, 15) is 14.4 Å². The van der Waals surface area contributed by atoms with Gasteiger partial charge in [-0.2, -0.15) is 0 Å². The molecule has 2 aliphatic heterocycles. The lowest BCUT2D eigenvalue weighted by atomic mass is 9.84. The van der Waals surface area contributed by atoms with Gasteiger partial charge in [0.25, 0.3) is 12.4 Å². The van der Waals surface area contributed by atoms with Crippen LogP contribution in [0, 0.1) is 17.3 Å². The average molecular weight is 851 g/mol. The maximum atomic E-state index is 14.1. The Bertz CT molecular complexity index is 2160. The number of ether oxygens (including phenoxy) is 2. The molecule has 4 N–H and O–H groups in total. The van der Waals surface area contributed by atoms with Crippen LogP contribution in [0.25, 0.3) is 33.3 Å². The van der Waals surface area contributed by atoms with Crippen LogP contribution >= 0.6 is 0 Å². The van der Waals surface area contributed by atoms with Crippen LogP contribution in [0.1, 0.15) is 84.2 Å². The van der Waals surface area contributed by atoms with Gasteiger partial charge in [0.05, 0.1) is 42.0 Å². The fourth-order valence-electron chi connectivity index (χ4n) is 9.05. The highest BCUT2D eigenvalue weighted by atomic mass is 16.5. The van der Waals surface area contributed by atoms with Crippen LogP contribution in [0.3, 0.4) is 0 Å². The van der Waals surface area contributed by atoms with Gasteiger partial charge in [0.1, 0.15) is 6.04 Å². The van der Waals surface area contributed by atoms with Crippen molar-refractivity contribution in [2.45, 2.75) is 98.9 Å². The van der Waals surface area contributed by atoms with Gasteiger partial charge in [-0.05, 0) is 92.4 Å². The van der Waals surface area contributed by atoms with Crippen molar-refractivity contribution in [1.82, 2.24) is 35.9 Å². The highest BCUT2D eigenvalue weighted by molar-refractivity contribution is 5.96. The molecule has 62 heavy (non-hydrogen) atoms. The van der Waals surface area contributed by atoms with Crippen LogP contribution in [0.4, 0.5) is 5.69 Å². The van der Waals surface area contributed by atoms with Gasteiger partial charge in [0.15, 0.2) is 0 Å². The van der Waals surface area contributed by atoms with Crippen molar-refractivity contribution in [1.29, 1.82) is 0 Å². The van der Waals surface area contributed by atoms with Gasteiger partial charge in [-0.25, -0.2) is 5.43 Å². The second-order valence-corrected chi connectivity index (χ2v) is 18.2. The number of carbonyl (C=O) groups excluding carboxylic acids is 3. The molecular weight excluding hydrogens is 781 g/mol. The highest BCUT2D eigenvalue weighted by Gasteiger charge is 2.33. The molecule has 4 heterocycles. The summed E-state index contributed by atoms with van der Waals surface area (Å²) < 4.78 is 13.7. The lowest BCUT2D eigenvalue weighted by molar-refractivity contribution is -0.140. The quantitative estimate of drug-likeness (QED) is 0.0797. The number of anilines is 1. The van der Waals surface area contributed by atoms with Gasteiger partial charge < -0.3 is 34.9 Å². The van der Waals surface area contributed by atoms with Crippen molar-refractivity contribution in [3.63, 3.8) is 0 Å². The van der Waals surface area contributed by atoms with Crippen molar-refractivity contribution < 1.29 is 23.9 Å². The Balaban J connectivity index is 1.45. The first kappa shape index (κ1) is 46.7. The first-order chi connectivity index (χ1) is 29.8. The fourth-order valence-corrected chi connectivity index (χ4v) is 9.05. The monoisotopic (exact) mass is 851 g/mol. The molecule has 2 aromatic carbocycles. The third-order valence-electron chi connectivity index (χ3n) is 12.9. The van der Waals surface area contributed by atoms with E-state index in [1.54, 1.807) is 19.2 Å². The number of hydrogen-bond donors (Lipinski definition) is 4. The lowest BCUT2D eigenvalue weighted by Gasteiger charge is -2.33. The number of likely N-dealkylation sites (N-methyl/N-ethyl adjacent to an activating group) is 1. The summed E-state index contributed by atoms with van der Waals surface area (Å²) in [4.78, 5) is 46.9. The number of aryl methyl sites for hydroxylation is 1. The molecule has 2 amide bonds. The number of hydrogen-bond acceptors (Lipinski definition) is 10. The molecule has 2 fully saturated rings. The summed E-state index contributed by atoms with van der Waals surface area (Å²) in [5.41, 5.74) is 12.2. The van der Waals surface area contributed by atoms with Gasteiger partial charge in [-0.15, -0.1) is 0 Å². The van der Waals surface area contributed by atoms with E-state index in [-0.39, 0.29) is 41.8 Å². The molecule has 4 aromatic rings. The highest BCUT2D eigenvalue weighted by Crippen LogP contribution is 2.43. The minimum atomic E-state index is -0.751. The van der Waals surface area contributed by atoms with Crippen LogP contribution in [0.5, 0.6) is 0 Å². The molecule has 336 valence electrons. The third-order valence-corrected chi connectivity index (χ3v) is 12.9. The molecule has 2 aliphatic rings. The maximum absolute atomic E-state index is 14.1. The standard InChI is InChI=1S/C49H70N8O5/c1-10-56-43-17-16-37(36-15-13-14-35(24-36)25-42(48(60)57-21-12-11-18-53-57)54-47(59)44(50-8)33(4)32(2)3)26-39(43)41(28-49(6,7)30-62-31-58)46(56)40-27-38(55-22-19-51-20-23-55)29-52-45(40)34(5)61-9/h13-17,24,26-27,29,31-34,42,44,50-51,53H,10-12,18-23,25,28,30H2,1-9H3,(H,54,59). The normalized spacial score (nSPS) is 16.9.